The van der Waals surface area contributed by atoms with Crippen LogP contribution in [-0.2, 0) is 9.53 Å². The summed E-state index contributed by atoms with van der Waals surface area (Å²) in [6, 6.07) is 0. The highest BCUT2D eigenvalue weighted by Gasteiger charge is 2.09. The van der Waals surface area contributed by atoms with Crippen LogP contribution in [0.2, 0.25) is 0 Å². The predicted octanol–water partition coefficient (Wildman–Crippen LogP) is 1.17. The summed E-state index contributed by atoms with van der Waals surface area (Å²) in [5.74, 6) is 0.568. The van der Waals surface area contributed by atoms with Gasteiger partial charge in [-0.3, -0.25) is 4.79 Å². The minimum absolute atomic E-state index is 0.568. The number of hydrogen-bond acceptors (Lipinski definition) is 2. The molecule has 0 aromatic heterocycles. The molecule has 1 saturated heterocycles. The van der Waals surface area contributed by atoms with Gasteiger partial charge in [-0.25, -0.2) is 0 Å². The molecule has 1 rings (SSSR count). The van der Waals surface area contributed by atoms with Crippen molar-refractivity contribution >= 4 is 6.29 Å². The van der Waals surface area contributed by atoms with E-state index in [2.05, 4.69) is 0 Å². The fourth-order valence-electron chi connectivity index (χ4n) is 1.11. The van der Waals surface area contributed by atoms with Gasteiger partial charge in [0.1, 0.15) is 6.29 Å². The summed E-state index contributed by atoms with van der Waals surface area (Å²) < 4.78 is 5.16. The van der Waals surface area contributed by atoms with Crippen molar-refractivity contribution in [2.75, 3.05) is 13.2 Å². The van der Waals surface area contributed by atoms with Crippen molar-refractivity contribution in [3.63, 3.8) is 0 Å². The highest BCUT2D eigenvalue weighted by Crippen LogP contribution is 2.14. The summed E-state index contributed by atoms with van der Waals surface area (Å²) >= 11 is 0. The molecule has 0 saturated carbocycles. The van der Waals surface area contributed by atoms with E-state index in [1.165, 1.54) is 0 Å². The minimum atomic E-state index is 0.568. The van der Waals surface area contributed by atoms with Gasteiger partial charge in [-0.15, -0.1) is 0 Å². The summed E-state index contributed by atoms with van der Waals surface area (Å²) in [7, 11) is 0. The number of carbonyl (C=O) groups excluding carboxylic acids is 1. The standard InChI is InChI=1S/C8H12O2/c9-5-1-2-8-3-6-10-7-4-8/h1-2,5,8H,3-4,6-7H2/b2-1+. The highest BCUT2D eigenvalue weighted by atomic mass is 16.5. The Hall–Kier alpha value is -0.630. The average molecular weight is 140 g/mol. The van der Waals surface area contributed by atoms with Crippen LogP contribution in [0.4, 0.5) is 0 Å². The molecule has 0 spiro atoms. The van der Waals surface area contributed by atoms with Gasteiger partial charge >= 0.3 is 0 Å². The fourth-order valence-corrected chi connectivity index (χ4v) is 1.11. The number of carbonyl (C=O) groups is 1. The third-order valence-corrected chi connectivity index (χ3v) is 1.73. The molecule has 0 unspecified atom stereocenters. The second kappa shape index (κ2) is 4.23. The van der Waals surface area contributed by atoms with Gasteiger partial charge in [0.25, 0.3) is 0 Å². The molecule has 10 heavy (non-hydrogen) atoms. The van der Waals surface area contributed by atoms with Gasteiger partial charge in [-0.2, -0.15) is 0 Å². The van der Waals surface area contributed by atoms with Crippen molar-refractivity contribution in [3.05, 3.63) is 12.2 Å². The summed E-state index contributed by atoms with van der Waals surface area (Å²) in [5, 5.41) is 0. The first-order valence-electron chi connectivity index (χ1n) is 3.63. The lowest BCUT2D eigenvalue weighted by molar-refractivity contribution is -0.104. The van der Waals surface area contributed by atoms with Gasteiger partial charge in [0.15, 0.2) is 0 Å². The number of ether oxygens (including phenoxy) is 1. The molecule has 1 fully saturated rings. The molecule has 56 valence electrons. The molecule has 0 radical (unpaired) electrons. The van der Waals surface area contributed by atoms with Gasteiger partial charge < -0.3 is 4.74 Å². The first-order valence-corrected chi connectivity index (χ1v) is 3.63. The normalized spacial score (nSPS) is 21.6. The van der Waals surface area contributed by atoms with Crippen molar-refractivity contribution in [1.29, 1.82) is 0 Å². The van der Waals surface area contributed by atoms with E-state index in [-0.39, 0.29) is 0 Å². The molecule has 0 aromatic carbocycles. The molecule has 0 bridgehead atoms. The molecule has 0 aliphatic carbocycles. The van der Waals surface area contributed by atoms with Crippen LogP contribution in [0.3, 0.4) is 0 Å². The Bertz CT molecular complexity index is 123. The Morgan fingerprint density at radius 3 is 2.60 bits per heavy atom. The third kappa shape index (κ3) is 2.31. The fraction of sp³-hybridized carbons (Fsp3) is 0.625. The number of hydrogen-bond donors (Lipinski definition) is 0. The lowest BCUT2D eigenvalue weighted by Crippen LogP contribution is -2.13. The average Bonchev–Trinajstić information content (AvgIpc) is 2.03. The van der Waals surface area contributed by atoms with E-state index in [1.807, 2.05) is 6.08 Å². The lowest BCUT2D eigenvalue weighted by atomic mass is 10.0. The van der Waals surface area contributed by atoms with E-state index in [0.29, 0.717) is 5.92 Å². The second-order valence-corrected chi connectivity index (χ2v) is 2.47. The van der Waals surface area contributed by atoms with E-state index in [4.69, 9.17) is 4.74 Å². The van der Waals surface area contributed by atoms with Gasteiger partial charge in [0, 0.05) is 13.2 Å². The molecular weight excluding hydrogens is 128 g/mol. The SMILES string of the molecule is O=C/C=C/C1CCOCC1. The molecule has 1 aliphatic heterocycles. The van der Waals surface area contributed by atoms with Crippen molar-refractivity contribution in [2.45, 2.75) is 12.8 Å². The monoisotopic (exact) mass is 140 g/mol. The van der Waals surface area contributed by atoms with Crippen LogP contribution in [0.15, 0.2) is 12.2 Å². The van der Waals surface area contributed by atoms with Crippen LogP contribution in [0.5, 0.6) is 0 Å². The molecule has 2 nitrogen and oxygen atoms in total. The maximum atomic E-state index is 9.93. The summed E-state index contributed by atoms with van der Waals surface area (Å²) in [6.45, 7) is 1.68. The summed E-state index contributed by atoms with van der Waals surface area (Å²) in [4.78, 5) is 9.93. The van der Waals surface area contributed by atoms with E-state index in [9.17, 15) is 4.79 Å². The predicted molar refractivity (Wildman–Crippen MR) is 38.7 cm³/mol. The van der Waals surface area contributed by atoms with Crippen molar-refractivity contribution in [3.8, 4) is 0 Å². The zero-order valence-corrected chi connectivity index (χ0v) is 5.95. The molecule has 1 heterocycles. The van der Waals surface area contributed by atoms with Gasteiger partial charge in [0.05, 0.1) is 0 Å². The smallest absolute Gasteiger partial charge is 0.142 e. The number of allylic oxidation sites excluding steroid dienone is 2. The zero-order valence-electron chi connectivity index (χ0n) is 5.95. The van der Waals surface area contributed by atoms with Crippen molar-refractivity contribution in [1.82, 2.24) is 0 Å². The maximum absolute atomic E-state index is 9.93. The molecule has 0 aromatic rings. The molecule has 0 amide bonds. The van der Waals surface area contributed by atoms with Crippen LogP contribution >= 0.6 is 0 Å². The zero-order chi connectivity index (χ0) is 7.23. The summed E-state index contributed by atoms with van der Waals surface area (Å²) in [6.07, 6.45) is 6.50. The number of rotatable bonds is 2. The van der Waals surface area contributed by atoms with E-state index in [1.54, 1.807) is 6.08 Å². The molecular formula is C8H12O2. The molecule has 1 aliphatic rings. The lowest BCUT2D eigenvalue weighted by Gasteiger charge is -2.17. The van der Waals surface area contributed by atoms with Gasteiger partial charge in [-0.1, -0.05) is 6.08 Å². The van der Waals surface area contributed by atoms with E-state index >= 15 is 0 Å². The molecule has 0 atom stereocenters. The Labute approximate surface area is 60.9 Å². The Balaban J connectivity index is 2.25. The van der Waals surface area contributed by atoms with Crippen LogP contribution < -0.4 is 0 Å². The minimum Gasteiger partial charge on any atom is -0.381 e. The van der Waals surface area contributed by atoms with Gasteiger partial charge in [0.2, 0.25) is 0 Å². The van der Waals surface area contributed by atoms with E-state index < -0.39 is 0 Å². The topological polar surface area (TPSA) is 26.3 Å². The van der Waals surface area contributed by atoms with E-state index in [0.717, 1.165) is 32.3 Å². The van der Waals surface area contributed by atoms with Gasteiger partial charge in [-0.05, 0) is 24.8 Å². The first-order chi connectivity index (χ1) is 4.93. The van der Waals surface area contributed by atoms with Crippen molar-refractivity contribution < 1.29 is 9.53 Å². The Kier molecular flexibility index (Phi) is 3.16. The van der Waals surface area contributed by atoms with Crippen LogP contribution in [0.1, 0.15) is 12.8 Å². The van der Waals surface area contributed by atoms with Crippen LogP contribution in [0, 0.1) is 5.92 Å². The molecule has 2 heteroatoms. The third-order valence-electron chi connectivity index (χ3n) is 1.73. The van der Waals surface area contributed by atoms with Crippen LogP contribution in [0.25, 0.3) is 0 Å². The largest absolute Gasteiger partial charge is 0.381 e. The highest BCUT2D eigenvalue weighted by molar-refractivity contribution is 5.64. The number of aldehydes is 1. The summed E-state index contributed by atoms with van der Waals surface area (Å²) in [5.41, 5.74) is 0. The Morgan fingerprint density at radius 2 is 2.00 bits per heavy atom. The molecule has 0 N–H and O–H groups in total. The quantitative estimate of drug-likeness (QED) is 0.425. The second-order valence-electron chi connectivity index (χ2n) is 2.47. The maximum Gasteiger partial charge on any atom is 0.142 e. The van der Waals surface area contributed by atoms with Crippen molar-refractivity contribution in [2.24, 2.45) is 5.92 Å². The Morgan fingerprint density at radius 1 is 1.30 bits per heavy atom. The van der Waals surface area contributed by atoms with Crippen LogP contribution in [-0.4, -0.2) is 19.5 Å². The first kappa shape index (κ1) is 7.48.